The van der Waals surface area contributed by atoms with E-state index in [2.05, 4.69) is 53.8 Å². The summed E-state index contributed by atoms with van der Waals surface area (Å²) in [5.74, 6) is -2.10. The quantitative estimate of drug-likeness (QED) is 0.313. The summed E-state index contributed by atoms with van der Waals surface area (Å²) in [6, 6.07) is 9.31. The van der Waals surface area contributed by atoms with Crippen molar-refractivity contribution >= 4 is 39.3 Å². The number of rotatable bonds is 7. The predicted octanol–water partition coefficient (Wildman–Crippen LogP) is 7.19. The zero-order valence-corrected chi connectivity index (χ0v) is 23.7. The Labute approximate surface area is 236 Å². The summed E-state index contributed by atoms with van der Waals surface area (Å²) in [6.07, 6.45) is -8.92. The van der Waals surface area contributed by atoms with Gasteiger partial charge in [0.1, 0.15) is 12.4 Å². The molecule has 0 fully saturated rings. The standard InChI is InChI=1S/C24H29BrF3N3O2.C2HF3O2/c1-15(2)30(16(3)4)9-10-33-21-6-5-17-7-8-31(22(17)14-21)23(32)29-20-12-18(24(26,27)28)11-19(25)13-20;3-2(4,5)1(6)7/h5-6,11-16H,7-10H2,1-4H3,(H,29,32);(H,6,7). The minimum atomic E-state index is -5.08. The van der Waals surface area contributed by atoms with Crippen LogP contribution in [0.15, 0.2) is 40.9 Å². The van der Waals surface area contributed by atoms with Crippen molar-refractivity contribution in [2.24, 2.45) is 0 Å². The number of halogens is 7. The zero-order valence-electron chi connectivity index (χ0n) is 22.2. The van der Waals surface area contributed by atoms with Crippen molar-refractivity contribution in [2.75, 3.05) is 29.9 Å². The average molecular weight is 642 g/mol. The van der Waals surface area contributed by atoms with Crippen molar-refractivity contribution in [3.63, 3.8) is 0 Å². The van der Waals surface area contributed by atoms with Crippen molar-refractivity contribution in [3.8, 4) is 5.75 Å². The van der Waals surface area contributed by atoms with E-state index in [4.69, 9.17) is 14.6 Å². The number of ether oxygens (including phenoxy) is 1. The fourth-order valence-corrected chi connectivity index (χ4v) is 4.55. The highest BCUT2D eigenvalue weighted by atomic mass is 79.9. The summed E-state index contributed by atoms with van der Waals surface area (Å²) in [7, 11) is 0. The second-order valence-corrected chi connectivity index (χ2v) is 10.3. The summed E-state index contributed by atoms with van der Waals surface area (Å²) < 4.78 is 77.2. The number of amides is 2. The molecule has 1 aliphatic rings. The number of carbonyl (C=O) groups excluding carboxylic acids is 1. The molecule has 0 atom stereocenters. The number of nitrogens with one attached hydrogen (secondary N) is 1. The van der Waals surface area contributed by atoms with Gasteiger partial charge in [0.2, 0.25) is 0 Å². The van der Waals surface area contributed by atoms with Gasteiger partial charge in [-0.1, -0.05) is 22.0 Å². The first-order chi connectivity index (χ1) is 18.4. The lowest BCUT2D eigenvalue weighted by Gasteiger charge is -2.30. The van der Waals surface area contributed by atoms with Crippen molar-refractivity contribution in [1.82, 2.24) is 4.90 Å². The molecule has 2 aromatic rings. The molecule has 0 aliphatic carbocycles. The number of aliphatic carboxylic acids is 1. The van der Waals surface area contributed by atoms with Gasteiger partial charge >= 0.3 is 24.4 Å². The van der Waals surface area contributed by atoms with Crippen LogP contribution in [0.3, 0.4) is 0 Å². The molecule has 0 bridgehead atoms. The number of benzene rings is 2. The first-order valence-corrected chi connectivity index (χ1v) is 13.0. The normalized spacial score (nSPS) is 13.3. The highest BCUT2D eigenvalue weighted by Crippen LogP contribution is 2.35. The number of hydrogen-bond acceptors (Lipinski definition) is 4. The van der Waals surface area contributed by atoms with Gasteiger partial charge in [0.05, 0.1) is 11.3 Å². The number of hydrogen-bond donors (Lipinski definition) is 2. The van der Waals surface area contributed by atoms with Crippen LogP contribution in [-0.4, -0.2) is 60.0 Å². The molecule has 0 aromatic heterocycles. The molecule has 0 saturated heterocycles. The van der Waals surface area contributed by atoms with Gasteiger partial charge in [0.25, 0.3) is 0 Å². The van der Waals surface area contributed by atoms with Gasteiger partial charge < -0.3 is 15.2 Å². The maximum absolute atomic E-state index is 13.1. The summed E-state index contributed by atoms with van der Waals surface area (Å²) >= 11 is 3.08. The minimum Gasteiger partial charge on any atom is -0.492 e. The van der Waals surface area contributed by atoms with E-state index < -0.39 is 29.9 Å². The van der Waals surface area contributed by atoms with Crippen LogP contribution in [-0.2, 0) is 17.4 Å². The molecule has 2 N–H and O–H groups in total. The van der Waals surface area contributed by atoms with Gasteiger partial charge in [-0.25, -0.2) is 9.59 Å². The first-order valence-electron chi connectivity index (χ1n) is 12.2. The third-order valence-electron chi connectivity index (χ3n) is 5.86. The van der Waals surface area contributed by atoms with E-state index >= 15 is 0 Å². The Balaban J connectivity index is 0.000000708. The molecule has 0 spiro atoms. The van der Waals surface area contributed by atoms with E-state index in [1.165, 1.54) is 11.0 Å². The fourth-order valence-electron chi connectivity index (χ4n) is 4.06. The van der Waals surface area contributed by atoms with E-state index in [0.717, 1.165) is 24.2 Å². The van der Waals surface area contributed by atoms with Gasteiger partial charge in [0.15, 0.2) is 0 Å². The molecule has 0 unspecified atom stereocenters. The van der Waals surface area contributed by atoms with E-state index in [1.54, 1.807) is 0 Å². The van der Waals surface area contributed by atoms with Crippen LogP contribution >= 0.6 is 15.9 Å². The Kier molecular flexibility index (Phi) is 11.3. The molecular weight excluding hydrogens is 612 g/mol. The lowest BCUT2D eigenvalue weighted by atomic mass is 10.1. The molecule has 2 amide bonds. The lowest BCUT2D eigenvalue weighted by molar-refractivity contribution is -0.192. The number of alkyl halides is 6. The molecule has 3 rings (SSSR count). The van der Waals surface area contributed by atoms with Crippen LogP contribution in [0.25, 0.3) is 0 Å². The summed E-state index contributed by atoms with van der Waals surface area (Å²) in [5.41, 5.74) is 0.945. The Bertz CT molecular complexity index is 1180. The van der Waals surface area contributed by atoms with Crippen LogP contribution in [0.4, 0.5) is 42.5 Å². The SMILES string of the molecule is CC(C)N(CCOc1ccc2c(c1)N(C(=O)Nc1cc(Br)cc(C(F)(F)F)c1)CC2)C(C)C.O=C(O)C(F)(F)F. The summed E-state index contributed by atoms with van der Waals surface area (Å²) in [5, 5.41) is 9.72. The maximum atomic E-state index is 13.1. The van der Waals surface area contributed by atoms with Gasteiger partial charge in [-0.2, -0.15) is 26.3 Å². The van der Waals surface area contributed by atoms with Crippen molar-refractivity contribution in [2.45, 2.75) is 58.6 Å². The highest BCUT2D eigenvalue weighted by molar-refractivity contribution is 9.10. The molecular formula is C26H30BrF6N3O4. The van der Waals surface area contributed by atoms with Crippen molar-refractivity contribution in [1.29, 1.82) is 0 Å². The molecule has 0 saturated carbocycles. The van der Waals surface area contributed by atoms with Crippen LogP contribution in [0.1, 0.15) is 38.8 Å². The predicted molar refractivity (Wildman–Crippen MR) is 142 cm³/mol. The van der Waals surface area contributed by atoms with Crippen molar-refractivity contribution in [3.05, 3.63) is 52.0 Å². The topological polar surface area (TPSA) is 82.1 Å². The Morgan fingerprint density at radius 1 is 1.05 bits per heavy atom. The van der Waals surface area contributed by atoms with Crippen molar-refractivity contribution < 1.29 is 45.8 Å². The Morgan fingerprint density at radius 2 is 1.65 bits per heavy atom. The number of fused-ring (bicyclic) bond motifs is 1. The van der Waals surface area contributed by atoms with Crippen LogP contribution in [0.2, 0.25) is 0 Å². The van der Waals surface area contributed by atoms with Crippen LogP contribution in [0, 0.1) is 0 Å². The Morgan fingerprint density at radius 3 is 2.17 bits per heavy atom. The monoisotopic (exact) mass is 641 g/mol. The van der Waals surface area contributed by atoms with E-state index in [1.807, 2.05) is 18.2 Å². The first kappa shape index (κ1) is 33.2. The van der Waals surface area contributed by atoms with Gasteiger partial charge in [-0.3, -0.25) is 9.80 Å². The molecule has 1 heterocycles. The largest absolute Gasteiger partial charge is 0.492 e. The number of carboxylic acid groups (broad SMARTS) is 1. The van der Waals surface area contributed by atoms with E-state index in [-0.39, 0.29) is 10.2 Å². The molecule has 14 heteroatoms. The minimum absolute atomic E-state index is 0.0741. The zero-order chi connectivity index (χ0) is 30.4. The van der Waals surface area contributed by atoms with Crippen LogP contribution in [0.5, 0.6) is 5.75 Å². The van der Waals surface area contributed by atoms with Crippen LogP contribution < -0.4 is 15.0 Å². The number of nitrogens with zero attached hydrogens (tertiary/aromatic N) is 2. The molecule has 222 valence electrons. The molecule has 40 heavy (non-hydrogen) atoms. The maximum Gasteiger partial charge on any atom is 0.490 e. The fraction of sp³-hybridized carbons (Fsp3) is 0.462. The van der Waals surface area contributed by atoms with Gasteiger partial charge in [-0.05, 0) is 63.9 Å². The Hall–Kier alpha value is -3.00. The highest BCUT2D eigenvalue weighted by Gasteiger charge is 2.38. The molecule has 2 aromatic carbocycles. The second kappa shape index (κ2) is 13.6. The van der Waals surface area contributed by atoms with E-state index in [0.29, 0.717) is 43.1 Å². The van der Waals surface area contributed by atoms with Gasteiger partial charge in [-0.15, -0.1) is 0 Å². The molecule has 0 radical (unpaired) electrons. The lowest BCUT2D eigenvalue weighted by Crippen LogP contribution is -2.39. The third kappa shape index (κ3) is 9.58. The van der Waals surface area contributed by atoms with E-state index in [9.17, 15) is 31.1 Å². The number of carboxylic acids is 1. The number of urea groups is 1. The number of anilines is 2. The smallest absolute Gasteiger partial charge is 0.490 e. The summed E-state index contributed by atoms with van der Waals surface area (Å²) in [6.45, 7) is 10.3. The molecule has 7 nitrogen and oxygen atoms in total. The second-order valence-electron chi connectivity index (χ2n) is 9.43. The summed E-state index contributed by atoms with van der Waals surface area (Å²) in [4.78, 5) is 25.6. The van der Waals surface area contributed by atoms with Gasteiger partial charge in [0, 0.05) is 41.4 Å². The third-order valence-corrected chi connectivity index (χ3v) is 6.32. The molecule has 1 aliphatic heterocycles. The average Bonchev–Trinajstić information content (AvgIpc) is 3.23. The number of carbonyl (C=O) groups is 2.